The molecule has 0 aromatic heterocycles. The maximum atomic E-state index is 13.4. The van der Waals surface area contributed by atoms with Gasteiger partial charge >= 0.3 is 0 Å². The molecule has 12 heteroatoms. The fourth-order valence-electron chi connectivity index (χ4n) is 4.33. The summed E-state index contributed by atoms with van der Waals surface area (Å²) in [4.78, 5) is 15.2. The zero-order valence-corrected chi connectivity index (χ0v) is 23.0. The Balaban J connectivity index is 1.40. The number of nitrogens with one attached hydrogen (secondary N) is 2. The van der Waals surface area contributed by atoms with Crippen molar-refractivity contribution in [1.82, 2.24) is 21.0 Å². The molecule has 1 heterocycles. The number of carbonyl (C=O) groups excluding carboxylic acids is 1. The summed E-state index contributed by atoms with van der Waals surface area (Å²) < 4.78 is 28.6. The monoisotopic (exact) mass is 548 g/mol. The van der Waals surface area contributed by atoms with Gasteiger partial charge in [0.25, 0.3) is 0 Å². The first kappa shape index (κ1) is 30.0. The third-order valence-corrected chi connectivity index (χ3v) is 8.61. The predicted octanol–water partition coefficient (Wildman–Crippen LogP) is 0.923. The number of methoxy groups -OCH3 is 2. The standard InChI is InChI=1S/C26H40N6O5S/c1-35-19-17-31-15-12-26(13-16-31,25(27)33)38(34)23-10-8-22(9-11-23)37-18-5-14-29-30-32(28)20-21-6-3-4-7-24(21)36-2/h3-4,6-11,29-30H,5,12-20,28H2,1-2H3,(H2,27,33). The summed E-state index contributed by atoms with van der Waals surface area (Å²) in [6.07, 6.45) is 1.64. The Kier molecular flexibility index (Phi) is 11.9. The summed E-state index contributed by atoms with van der Waals surface area (Å²) >= 11 is 0. The third kappa shape index (κ3) is 8.21. The van der Waals surface area contributed by atoms with Gasteiger partial charge in [-0.15, -0.1) is 0 Å². The smallest absolute Gasteiger partial charge is 0.236 e. The number of hydrogen-bond donors (Lipinski definition) is 4. The van der Waals surface area contributed by atoms with Gasteiger partial charge in [0.15, 0.2) is 0 Å². The lowest BCUT2D eigenvalue weighted by molar-refractivity contribution is -0.121. The van der Waals surface area contributed by atoms with E-state index in [1.165, 1.54) is 5.12 Å². The summed E-state index contributed by atoms with van der Waals surface area (Å²) in [7, 11) is 1.74. The van der Waals surface area contributed by atoms with E-state index in [2.05, 4.69) is 15.9 Å². The molecular weight excluding hydrogens is 508 g/mol. The normalized spacial score (nSPS) is 16.3. The van der Waals surface area contributed by atoms with Crippen LogP contribution in [0.4, 0.5) is 0 Å². The first-order chi connectivity index (χ1) is 18.4. The number of nitrogens with two attached hydrogens (primary N) is 2. The van der Waals surface area contributed by atoms with Crippen LogP contribution in [-0.4, -0.2) is 78.5 Å². The fourth-order valence-corrected chi connectivity index (χ4v) is 5.90. The third-order valence-electron chi connectivity index (χ3n) is 6.59. The average Bonchev–Trinajstić information content (AvgIpc) is 2.94. The van der Waals surface area contributed by atoms with E-state index < -0.39 is 21.5 Å². The van der Waals surface area contributed by atoms with Gasteiger partial charge < -0.3 is 24.8 Å². The minimum absolute atomic E-state index is 0.455. The van der Waals surface area contributed by atoms with Crippen molar-refractivity contribution in [2.75, 3.05) is 53.6 Å². The van der Waals surface area contributed by atoms with Crippen molar-refractivity contribution in [3.63, 3.8) is 0 Å². The van der Waals surface area contributed by atoms with Gasteiger partial charge in [0, 0.05) is 43.7 Å². The second-order valence-electron chi connectivity index (χ2n) is 9.11. The Labute approximate surface area is 227 Å². The predicted molar refractivity (Wildman–Crippen MR) is 146 cm³/mol. The van der Waals surface area contributed by atoms with E-state index in [9.17, 15) is 9.00 Å². The molecule has 1 aliphatic rings. The molecule has 0 spiro atoms. The van der Waals surface area contributed by atoms with Crippen LogP contribution in [0.3, 0.4) is 0 Å². The lowest BCUT2D eigenvalue weighted by Gasteiger charge is -2.38. The number of likely N-dealkylation sites (tertiary alicyclic amines) is 1. The van der Waals surface area contributed by atoms with Crippen LogP contribution >= 0.6 is 0 Å². The van der Waals surface area contributed by atoms with Crippen molar-refractivity contribution in [1.29, 1.82) is 0 Å². The van der Waals surface area contributed by atoms with E-state index in [4.69, 9.17) is 25.8 Å². The van der Waals surface area contributed by atoms with Crippen LogP contribution in [0.1, 0.15) is 24.8 Å². The van der Waals surface area contributed by atoms with Crippen molar-refractivity contribution in [2.45, 2.75) is 35.4 Å². The molecule has 1 aliphatic heterocycles. The molecule has 3 rings (SSSR count). The highest BCUT2D eigenvalue weighted by Crippen LogP contribution is 2.33. The minimum atomic E-state index is -1.55. The molecule has 210 valence electrons. The van der Waals surface area contributed by atoms with Crippen molar-refractivity contribution in [2.24, 2.45) is 11.6 Å². The summed E-state index contributed by atoms with van der Waals surface area (Å²) in [5.41, 5.74) is 12.7. The number of piperidine rings is 1. The summed E-state index contributed by atoms with van der Waals surface area (Å²) in [6, 6.07) is 14.7. The second-order valence-corrected chi connectivity index (χ2v) is 10.9. The van der Waals surface area contributed by atoms with Gasteiger partial charge in [0.2, 0.25) is 5.91 Å². The van der Waals surface area contributed by atoms with Gasteiger partial charge in [0.1, 0.15) is 16.2 Å². The van der Waals surface area contributed by atoms with Crippen LogP contribution in [0.25, 0.3) is 0 Å². The van der Waals surface area contributed by atoms with E-state index in [1.54, 1.807) is 38.5 Å². The molecule has 1 unspecified atom stereocenters. The highest BCUT2D eigenvalue weighted by Gasteiger charge is 2.46. The topological polar surface area (TPSA) is 144 Å². The number of hydrazine groups is 3. The molecule has 2 aromatic rings. The van der Waals surface area contributed by atoms with Crippen LogP contribution < -0.4 is 32.0 Å². The Hall–Kier alpha value is -2.58. The van der Waals surface area contributed by atoms with Crippen LogP contribution in [0, 0.1) is 0 Å². The SMILES string of the molecule is COCCN1CCC(C(N)=O)(S(=O)c2ccc(OCCCNNN(N)Cc3ccccc3OC)cc2)CC1. The first-order valence-corrected chi connectivity index (χ1v) is 13.8. The molecule has 1 saturated heterocycles. The summed E-state index contributed by atoms with van der Waals surface area (Å²) in [5.74, 6) is 6.93. The molecule has 11 nitrogen and oxygen atoms in total. The van der Waals surface area contributed by atoms with Gasteiger partial charge in [-0.05, 0) is 49.6 Å². The lowest BCUT2D eigenvalue weighted by atomic mass is 9.95. The van der Waals surface area contributed by atoms with Crippen molar-refractivity contribution >= 4 is 16.7 Å². The van der Waals surface area contributed by atoms with Gasteiger partial charge in [-0.25, -0.2) is 5.43 Å². The number of hydrogen-bond acceptors (Lipinski definition) is 10. The fraction of sp³-hybridized carbons (Fsp3) is 0.500. The molecule has 38 heavy (non-hydrogen) atoms. The molecule has 1 amide bonds. The number of rotatable bonds is 16. The Morgan fingerprint density at radius 3 is 2.47 bits per heavy atom. The molecule has 0 bridgehead atoms. The molecule has 0 saturated carbocycles. The van der Waals surface area contributed by atoms with E-state index in [-0.39, 0.29) is 0 Å². The average molecular weight is 549 g/mol. The molecule has 6 N–H and O–H groups in total. The molecule has 0 aliphatic carbocycles. The van der Waals surface area contributed by atoms with Crippen LogP contribution in [0.2, 0.25) is 0 Å². The van der Waals surface area contributed by atoms with Gasteiger partial charge in [-0.2, -0.15) is 10.7 Å². The Morgan fingerprint density at radius 2 is 1.82 bits per heavy atom. The van der Waals surface area contributed by atoms with Crippen LogP contribution in [0.15, 0.2) is 53.4 Å². The number of amides is 1. The lowest BCUT2D eigenvalue weighted by Crippen LogP contribution is -2.55. The van der Waals surface area contributed by atoms with E-state index >= 15 is 0 Å². The number of benzene rings is 2. The minimum Gasteiger partial charge on any atom is -0.496 e. The number of nitrogens with zero attached hydrogens (tertiary/aromatic N) is 2. The van der Waals surface area contributed by atoms with Crippen molar-refractivity contribution in [3.05, 3.63) is 54.1 Å². The Bertz CT molecular complexity index is 1030. The number of para-hydroxylation sites is 1. The zero-order chi connectivity index (χ0) is 27.4. The van der Waals surface area contributed by atoms with Gasteiger partial charge in [-0.3, -0.25) is 14.8 Å². The molecule has 1 atom stereocenters. The summed E-state index contributed by atoms with van der Waals surface area (Å²) in [6.45, 7) is 4.29. The van der Waals surface area contributed by atoms with Crippen molar-refractivity contribution in [3.8, 4) is 11.5 Å². The van der Waals surface area contributed by atoms with Crippen LogP contribution in [0.5, 0.6) is 11.5 Å². The van der Waals surface area contributed by atoms with Gasteiger partial charge in [-0.1, -0.05) is 18.2 Å². The highest BCUT2D eigenvalue weighted by molar-refractivity contribution is 7.87. The Morgan fingerprint density at radius 1 is 1.11 bits per heavy atom. The first-order valence-electron chi connectivity index (χ1n) is 12.7. The maximum absolute atomic E-state index is 13.4. The number of ether oxygens (including phenoxy) is 3. The zero-order valence-electron chi connectivity index (χ0n) is 22.2. The summed E-state index contributed by atoms with van der Waals surface area (Å²) in [5, 5.41) is 1.44. The molecule has 1 fully saturated rings. The maximum Gasteiger partial charge on any atom is 0.236 e. The van der Waals surface area contributed by atoms with Gasteiger partial charge in [0.05, 0.1) is 37.7 Å². The number of primary amides is 1. The van der Waals surface area contributed by atoms with E-state index in [0.29, 0.717) is 62.9 Å². The molecule has 0 radical (unpaired) electrons. The second kappa shape index (κ2) is 15.1. The highest BCUT2D eigenvalue weighted by atomic mass is 32.2. The molecular formula is C26H40N6O5S. The van der Waals surface area contributed by atoms with E-state index in [0.717, 1.165) is 24.3 Å². The van der Waals surface area contributed by atoms with Crippen molar-refractivity contribution < 1.29 is 23.2 Å². The number of carbonyl (C=O) groups is 1. The van der Waals surface area contributed by atoms with Crippen LogP contribution in [-0.2, 0) is 26.9 Å². The quantitative estimate of drug-likeness (QED) is 0.136. The molecule has 2 aromatic carbocycles. The van der Waals surface area contributed by atoms with E-state index in [1.807, 2.05) is 24.3 Å². The largest absolute Gasteiger partial charge is 0.496 e.